The van der Waals surface area contributed by atoms with Gasteiger partial charge in [0.15, 0.2) is 0 Å². The van der Waals surface area contributed by atoms with Crippen LogP contribution in [0, 0.1) is 0 Å². The minimum Gasteiger partial charge on any atom is -0.383 e. The molecule has 0 aliphatic carbocycles. The number of nitrogens with one attached hydrogen (secondary N) is 1. The Kier molecular flexibility index (Phi) is 5.28. The Balaban J connectivity index is 2.84. The van der Waals surface area contributed by atoms with E-state index in [9.17, 15) is 8.42 Å². The van der Waals surface area contributed by atoms with Crippen LogP contribution >= 0.6 is 0 Å². The van der Waals surface area contributed by atoms with Gasteiger partial charge in [-0.1, -0.05) is 12.1 Å². The quantitative estimate of drug-likeness (QED) is 0.810. The van der Waals surface area contributed by atoms with E-state index in [4.69, 9.17) is 9.88 Å². The van der Waals surface area contributed by atoms with Crippen LogP contribution in [0.15, 0.2) is 29.2 Å². The number of rotatable bonds is 6. The van der Waals surface area contributed by atoms with Crippen molar-refractivity contribution in [3.8, 4) is 0 Å². The third-order valence-electron chi connectivity index (χ3n) is 2.64. The van der Waals surface area contributed by atoms with Gasteiger partial charge in [-0.3, -0.25) is 0 Å². The molecule has 0 aliphatic heterocycles. The molecule has 0 bridgehead atoms. The van der Waals surface area contributed by atoms with Gasteiger partial charge < -0.3 is 10.1 Å². The van der Waals surface area contributed by atoms with E-state index < -0.39 is 10.0 Å². The van der Waals surface area contributed by atoms with Crippen LogP contribution in [0.5, 0.6) is 0 Å². The van der Waals surface area contributed by atoms with Gasteiger partial charge in [0, 0.05) is 19.2 Å². The van der Waals surface area contributed by atoms with Gasteiger partial charge in [0.2, 0.25) is 10.0 Å². The zero-order chi connectivity index (χ0) is 13.8. The second kappa shape index (κ2) is 6.29. The van der Waals surface area contributed by atoms with Crippen molar-refractivity contribution in [3.63, 3.8) is 0 Å². The molecule has 0 aliphatic rings. The van der Waals surface area contributed by atoms with E-state index in [-0.39, 0.29) is 17.0 Å². The highest BCUT2D eigenvalue weighted by Gasteiger charge is 2.13. The third kappa shape index (κ3) is 4.38. The Morgan fingerprint density at radius 3 is 2.61 bits per heavy atom. The largest absolute Gasteiger partial charge is 0.383 e. The molecule has 6 heteroatoms. The highest BCUT2D eigenvalue weighted by molar-refractivity contribution is 7.89. The molecule has 0 heterocycles. The summed E-state index contributed by atoms with van der Waals surface area (Å²) in [6, 6.07) is 6.84. The summed E-state index contributed by atoms with van der Waals surface area (Å²) < 4.78 is 27.6. The van der Waals surface area contributed by atoms with Gasteiger partial charge in [-0.15, -0.1) is 0 Å². The normalized spacial score (nSPS) is 15.3. The van der Waals surface area contributed by atoms with Crippen LogP contribution in [-0.4, -0.2) is 28.2 Å². The van der Waals surface area contributed by atoms with Crippen molar-refractivity contribution in [2.24, 2.45) is 5.14 Å². The Hall–Kier alpha value is -0.950. The zero-order valence-electron chi connectivity index (χ0n) is 10.9. The summed E-state index contributed by atoms with van der Waals surface area (Å²) in [5.41, 5.74) is 0.879. The van der Waals surface area contributed by atoms with Crippen LogP contribution in [0.4, 0.5) is 0 Å². The summed E-state index contributed by atoms with van der Waals surface area (Å²) in [5, 5.41) is 8.42. The van der Waals surface area contributed by atoms with Gasteiger partial charge in [0.1, 0.15) is 0 Å². The molecule has 2 atom stereocenters. The Bertz CT molecular complexity index is 488. The molecule has 102 valence electrons. The lowest BCUT2D eigenvalue weighted by molar-refractivity contribution is 0.167. The Morgan fingerprint density at radius 1 is 1.39 bits per heavy atom. The fourth-order valence-corrected chi connectivity index (χ4v) is 2.35. The topological polar surface area (TPSA) is 81.4 Å². The molecule has 1 rings (SSSR count). The van der Waals surface area contributed by atoms with Gasteiger partial charge in [-0.2, -0.15) is 0 Å². The summed E-state index contributed by atoms with van der Waals surface area (Å²) in [6.07, 6.45) is 0. The number of benzene rings is 1. The van der Waals surface area contributed by atoms with Crippen molar-refractivity contribution < 1.29 is 13.2 Å². The van der Waals surface area contributed by atoms with Crippen LogP contribution < -0.4 is 10.5 Å². The third-order valence-corrected chi connectivity index (χ3v) is 3.55. The van der Waals surface area contributed by atoms with Gasteiger partial charge in [-0.25, -0.2) is 13.6 Å². The first-order valence-corrected chi connectivity index (χ1v) is 7.27. The molecule has 0 radical (unpaired) electrons. The number of ether oxygens (including phenoxy) is 1. The number of hydrogen-bond acceptors (Lipinski definition) is 4. The zero-order valence-corrected chi connectivity index (χ0v) is 11.7. The highest BCUT2D eigenvalue weighted by atomic mass is 32.2. The minimum absolute atomic E-state index is 0.0249. The number of methoxy groups -OCH3 is 1. The lowest BCUT2D eigenvalue weighted by atomic mass is 10.1. The molecule has 5 nitrogen and oxygen atoms in total. The second-order valence-corrected chi connectivity index (χ2v) is 5.92. The van der Waals surface area contributed by atoms with Gasteiger partial charge >= 0.3 is 0 Å². The van der Waals surface area contributed by atoms with Crippen LogP contribution in [0.1, 0.15) is 25.5 Å². The number of hydrogen-bond donors (Lipinski definition) is 2. The standard InChI is InChI=1S/C12H20N2O3S/c1-9(8-17-3)14-10(2)11-5-4-6-12(7-11)18(13,15)16/h4-7,9-10,14H,8H2,1-3H3,(H2,13,15,16). The first-order chi connectivity index (χ1) is 8.34. The predicted molar refractivity (Wildman–Crippen MR) is 70.7 cm³/mol. The summed E-state index contributed by atoms with van der Waals surface area (Å²) in [5.74, 6) is 0. The fourth-order valence-electron chi connectivity index (χ4n) is 1.78. The highest BCUT2D eigenvalue weighted by Crippen LogP contribution is 2.17. The number of primary sulfonamides is 1. The van der Waals surface area contributed by atoms with Crippen molar-refractivity contribution in [2.45, 2.75) is 30.8 Å². The maximum atomic E-state index is 11.3. The lowest BCUT2D eigenvalue weighted by Crippen LogP contribution is -2.32. The molecule has 0 saturated carbocycles. The van der Waals surface area contributed by atoms with Crippen molar-refractivity contribution in [1.82, 2.24) is 5.32 Å². The molecule has 0 spiro atoms. The first-order valence-electron chi connectivity index (χ1n) is 5.72. The molecule has 1 aromatic carbocycles. The second-order valence-electron chi connectivity index (χ2n) is 4.36. The predicted octanol–water partition coefficient (Wildman–Crippen LogP) is 1.02. The van der Waals surface area contributed by atoms with E-state index in [1.165, 1.54) is 6.07 Å². The molecule has 0 aromatic heterocycles. The Morgan fingerprint density at radius 2 is 2.06 bits per heavy atom. The van der Waals surface area contributed by atoms with Gasteiger partial charge in [0.05, 0.1) is 11.5 Å². The van der Waals surface area contributed by atoms with E-state index in [0.29, 0.717) is 6.61 Å². The fraction of sp³-hybridized carbons (Fsp3) is 0.500. The van der Waals surface area contributed by atoms with E-state index >= 15 is 0 Å². The average molecular weight is 272 g/mol. The lowest BCUT2D eigenvalue weighted by Gasteiger charge is -2.20. The molecule has 2 unspecified atom stereocenters. The summed E-state index contributed by atoms with van der Waals surface area (Å²) >= 11 is 0. The van der Waals surface area contributed by atoms with E-state index in [1.807, 2.05) is 19.9 Å². The maximum Gasteiger partial charge on any atom is 0.238 e. The summed E-state index contributed by atoms with van der Waals surface area (Å²) in [6.45, 7) is 4.57. The van der Waals surface area contributed by atoms with Crippen LogP contribution in [-0.2, 0) is 14.8 Å². The first kappa shape index (κ1) is 15.1. The van der Waals surface area contributed by atoms with Gasteiger partial charge in [-0.05, 0) is 31.5 Å². The monoisotopic (exact) mass is 272 g/mol. The number of nitrogens with two attached hydrogens (primary N) is 1. The maximum absolute atomic E-state index is 11.3. The molecular weight excluding hydrogens is 252 g/mol. The smallest absolute Gasteiger partial charge is 0.238 e. The van der Waals surface area contributed by atoms with Crippen molar-refractivity contribution in [2.75, 3.05) is 13.7 Å². The SMILES string of the molecule is COCC(C)NC(C)c1cccc(S(N)(=O)=O)c1. The molecule has 1 aromatic rings. The van der Waals surface area contributed by atoms with Crippen LogP contribution in [0.25, 0.3) is 0 Å². The number of sulfonamides is 1. The van der Waals surface area contributed by atoms with Crippen LogP contribution in [0.3, 0.4) is 0 Å². The van der Waals surface area contributed by atoms with E-state index in [2.05, 4.69) is 5.32 Å². The molecule has 0 saturated heterocycles. The van der Waals surface area contributed by atoms with E-state index in [0.717, 1.165) is 5.56 Å². The minimum atomic E-state index is -3.65. The molecule has 18 heavy (non-hydrogen) atoms. The molecule has 0 fully saturated rings. The summed E-state index contributed by atoms with van der Waals surface area (Å²) in [4.78, 5) is 0.132. The summed E-state index contributed by atoms with van der Waals surface area (Å²) in [7, 11) is -2.01. The van der Waals surface area contributed by atoms with E-state index in [1.54, 1.807) is 19.2 Å². The molecular formula is C12H20N2O3S. The molecule has 3 N–H and O–H groups in total. The molecule has 0 amide bonds. The van der Waals surface area contributed by atoms with Crippen molar-refractivity contribution in [3.05, 3.63) is 29.8 Å². The van der Waals surface area contributed by atoms with Crippen molar-refractivity contribution in [1.29, 1.82) is 0 Å². The van der Waals surface area contributed by atoms with Crippen LogP contribution in [0.2, 0.25) is 0 Å². The average Bonchev–Trinajstić information content (AvgIpc) is 2.28. The van der Waals surface area contributed by atoms with Crippen molar-refractivity contribution >= 4 is 10.0 Å². The van der Waals surface area contributed by atoms with Gasteiger partial charge in [0.25, 0.3) is 0 Å². The Labute approximate surface area is 108 Å².